The predicted molar refractivity (Wildman–Crippen MR) is 41.7 cm³/mol. The lowest BCUT2D eigenvalue weighted by atomic mass is 10.5. The number of nitrogens with one attached hydrogen (secondary N) is 1. The van der Waals surface area contributed by atoms with Gasteiger partial charge in [0.25, 0.3) is 0 Å². The van der Waals surface area contributed by atoms with E-state index in [1.807, 2.05) is 0 Å². The van der Waals surface area contributed by atoms with Crippen LogP contribution >= 0.6 is 0 Å². The van der Waals surface area contributed by atoms with Crippen molar-refractivity contribution in [2.24, 2.45) is 0 Å². The van der Waals surface area contributed by atoms with Crippen molar-refractivity contribution < 1.29 is 5.11 Å². The van der Waals surface area contributed by atoms with E-state index in [-0.39, 0.29) is 12.3 Å². The van der Waals surface area contributed by atoms with Crippen molar-refractivity contribution >= 4 is 5.65 Å². The summed E-state index contributed by atoms with van der Waals surface area (Å²) in [5.41, 5.74) is 0.753. The van der Waals surface area contributed by atoms with Crippen molar-refractivity contribution in [1.82, 2.24) is 14.4 Å². The van der Waals surface area contributed by atoms with Gasteiger partial charge in [0.15, 0.2) is 0 Å². The Morgan fingerprint density at radius 1 is 1.67 bits per heavy atom. The van der Waals surface area contributed by atoms with E-state index in [1.165, 1.54) is 16.8 Å². The van der Waals surface area contributed by atoms with E-state index >= 15 is 0 Å². The zero-order valence-electron chi connectivity index (χ0n) is 6.19. The van der Waals surface area contributed by atoms with Crippen LogP contribution in [-0.2, 0) is 6.61 Å². The summed E-state index contributed by atoms with van der Waals surface area (Å²) in [6.07, 6.45) is 3.00. The lowest BCUT2D eigenvalue weighted by Crippen LogP contribution is -2.16. The molecule has 0 aromatic carbocycles. The second-order valence-electron chi connectivity index (χ2n) is 2.38. The zero-order chi connectivity index (χ0) is 8.55. The van der Waals surface area contributed by atoms with Crippen LogP contribution in [0.3, 0.4) is 0 Å². The van der Waals surface area contributed by atoms with Gasteiger partial charge in [-0.15, -0.1) is 0 Å². The molecule has 0 radical (unpaired) electrons. The molecule has 0 saturated carbocycles. The van der Waals surface area contributed by atoms with Gasteiger partial charge >= 0.3 is 5.69 Å². The van der Waals surface area contributed by atoms with Gasteiger partial charge in [-0.3, -0.25) is 0 Å². The first-order valence-corrected chi connectivity index (χ1v) is 3.48. The molecule has 5 heteroatoms. The highest BCUT2D eigenvalue weighted by atomic mass is 16.3. The maximum Gasteiger partial charge on any atom is 0.331 e. The Kier molecular flexibility index (Phi) is 1.44. The molecule has 0 aliphatic heterocycles. The van der Waals surface area contributed by atoms with Crippen molar-refractivity contribution in [2.75, 3.05) is 0 Å². The molecule has 0 spiro atoms. The van der Waals surface area contributed by atoms with Crippen LogP contribution in [0.4, 0.5) is 0 Å². The van der Waals surface area contributed by atoms with Gasteiger partial charge in [0.1, 0.15) is 5.65 Å². The molecule has 2 aromatic heterocycles. The molecular weight excluding hydrogens is 158 g/mol. The maximum atomic E-state index is 11.2. The molecule has 0 bridgehead atoms. The first-order valence-electron chi connectivity index (χ1n) is 3.48. The quantitative estimate of drug-likeness (QED) is 0.599. The third-order valence-electron chi connectivity index (χ3n) is 1.67. The topological polar surface area (TPSA) is 70.4 Å². The minimum Gasteiger partial charge on any atom is -0.390 e. The molecule has 2 rings (SSSR count). The molecule has 2 heterocycles. The van der Waals surface area contributed by atoms with Crippen LogP contribution in [0.5, 0.6) is 0 Å². The third-order valence-corrected chi connectivity index (χ3v) is 1.67. The van der Waals surface area contributed by atoms with Gasteiger partial charge in [0.05, 0.1) is 18.5 Å². The molecule has 62 valence electrons. The van der Waals surface area contributed by atoms with Gasteiger partial charge in [-0.2, -0.15) is 0 Å². The third kappa shape index (κ3) is 0.835. The SMILES string of the molecule is O=c1[nH]ccc2ncc(CO)n12. The molecule has 0 amide bonds. The number of aliphatic hydroxyl groups is 1. The van der Waals surface area contributed by atoms with Gasteiger partial charge < -0.3 is 10.1 Å². The monoisotopic (exact) mass is 165 g/mol. The number of rotatable bonds is 1. The van der Waals surface area contributed by atoms with Crippen LogP contribution in [0, 0.1) is 0 Å². The van der Waals surface area contributed by atoms with Gasteiger partial charge in [0.2, 0.25) is 0 Å². The van der Waals surface area contributed by atoms with Crippen LogP contribution in [0.15, 0.2) is 23.3 Å². The highest BCUT2D eigenvalue weighted by Crippen LogP contribution is 2.00. The Morgan fingerprint density at radius 3 is 3.25 bits per heavy atom. The minimum atomic E-state index is -0.283. The lowest BCUT2D eigenvalue weighted by Gasteiger charge is -1.93. The fraction of sp³-hybridized carbons (Fsp3) is 0.143. The van der Waals surface area contributed by atoms with Crippen molar-refractivity contribution in [3.63, 3.8) is 0 Å². The molecular formula is C7H7N3O2. The molecule has 2 N–H and O–H groups in total. The van der Waals surface area contributed by atoms with Crippen LogP contribution in [0.25, 0.3) is 5.65 Å². The van der Waals surface area contributed by atoms with Gasteiger partial charge in [0, 0.05) is 6.20 Å². The molecule has 0 atom stereocenters. The summed E-state index contributed by atoms with van der Waals surface area (Å²) < 4.78 is 1.33. The number of H-pyrrole nitrogens is 1. The lowest BCUT2D eigenvalue weighted by molar-refractivity contribution is 0.275. The number of imidazole rings is 1. The average Bonchev–Trinajstić information content (AvgIpc) is 2.49. The molecule has 0 fully saturated rings. The maximum absolute atomic E-state index is 11.2. The van der Waals surface area contributed by atoms with Crippen molar-refractivity contribution in [3.8, 4) is 0 Å². The van der Waals surface area contributed by atoms with Gasteiger partial charge in [-0.05, 0) is 6.07 Å². The van der Waals surface area contributed by atoms with E-state index in [4.69, 9.17) is 5.11 Å². The van der Waals surface area contributed by atoms with Crippen molar-refractivity contribution in [3.05, 3.63) is 34.6 Å². The van der Waals surface area contributed by atoms with Crippen molar-refractivity contribution in [1.29, 1.82) is 0 Å². The Bertz CT molecular complexity index is 457. The van der Waals surface area contributed by atoms with E-state index in [1.54, 1.807) is 6.07 Å². The van der Waals surface area contributed by atoms with Crippen LogP contribution in [-0.4, -0.2) is 19.5 Å². The number of aromatic amines is 1. The molecule has 0 aliphatic rings. The van der Waals surface area contributed by atoms with Crippen LogP contribution < -0.4 is 5.69 Å². The van der Waals surface area contributed by atoms with Crippen LogP contribution in [0.2, 0.25) is 0 Å². The highest BCUT2D eigenvalue weighted by Gasteiger charge is 2.02. The second kappa shape index (κ2) is 2.46. The van der Waals surface area contributed by atoms with E-state index in [9.17, 15) is 4.79 Å². The molecule has 0 aliphatic carbocycles. The summed E-state index contributed by atoms with van der Waals surface area (Å²) in [6.45, 7) is -0.186. The summed E-state index contributed by atoms with van der Waals surface area (Å²) in [5, 5.41) is 8.84. The van der Waals surface area contributed by atoms with E-state index in [0.29, 0.717) is 11.3 Å². The summed E-state index contributed by atoms with van der Waals surface area (Å²) in [5.74, 6) is 0. The number of aromatic nitrogens is 3. The fourth-order valence-corrected chi connectivity index (χ4v) is 1.12. The number of hydrogen-bond acceptors (Lipinski definition) is 3. The standard InChI is InChI=1S/C7H7N3O2/c11-4-5-3-9-6-1-2-8-7(12)10(5)6/h1-3,11H,4H2,(H,8,12). The molecule has 0 unspecified atom stereocenters. The molecule has 0 saturated heterocycles. The van der Waals surface area contributed by atoms with E-state index in [0.717, 1.165) is 0 Å². The summed E-state index contributed by atoms with van der Waals surface area (Å²) in [4.78, 5) is 17.6. The summed E-state index contributed by atoms with van der Waals surface area (Å²) in [6, 6.07) is 1.67. The Balaban J connectivity index is 2.92. The Hall–Kier alpha value is -1.62. The molecule has 5 nitrogen and oxygen atoms in total. The minimum absolute atomic E-state index is 0.186. The highest BCUT2D eigenvalue weighted by molar-refractivity contribution is 5.37. The normalized spacial score (nSPS) is 10.8. The number of nitrogens with zero attached hydrogens (tertiary/aromatic N) is 2. The second-order valence-corrected chi connectivity index (χ2v) is 2.38. The zero-order valence-corrected chi connectivity index (χ0v) is 6.19. The number of aliphatic hydroxyl groups excluding tert-OH is 1. The van der Waals surface area contributed by atoms with Crippen molar-refractivity contribution in [2.45, 2.75) is 6.61 Å². The van der Waals surface area contributed by atoms with Gasteiger partial charge in [-0.25, -0.2) is 14.2 Å². The summed E-state index contributed by atoms with van der Waals surface area (Å²) >= 11 is 0. The first kappa shape index (κ1) is 7.05. The van der Waals surface area contributed by atoms with Gasteiger partial charge in [-0.1, -0.05) is 0 Å². The first-order chi connectivity index (χ1) is 5.83. The Morgan fingerprint density at radius 2 is 2.50 bits per heavy atom. The Labute approximate surface area is 67.3 Å². The number of fused-ring (bicyclic) bond motifs is 1. The summed E-state index contributed by atoms with van der Waals surface area (Å²) in [7, 11) is 0. The van der Waals surface area contributed by atoms with E-state index in [2.05, 4.69) is 9.97 Å². The average molecular weight is 165 g/mol. The smallest absolute Gasteiger partial charge is 0.331 e. The largest absolute Gasteiger partial charge is 0.390 e. The number of hydrogen-bond donors (Lipinski definition) is 2. The molecule has 2 aromatic rings. The fourth-order valence-electron chi connectivity index (χ4n) is 1.12. The molecule has 12 heavy (non-hydrogen) atoms. The predicted octanol–water partition coefficient (Wildman–Crippen LogP) is -0.485. The van der Waals surface area contributed by atoms with E-state index < -0.39 is 0 Å². The van der Waals surface area contributed by atoms with Crippen LogP contribution in [0.1, 0.15) is 5.69 Å².